The van der Waals surface area contributed by atoms with Crippen molar-refractivity contribution in [1.82, 2.24) is 18.8 Å². The number of carbonyl (C=O) groups is 3. The summed E-state index contributed by atoms with van der Waals surface area (Å²) >= 11 is 0. The molecule has 12 heteroatoms. The molecule has 1 unspecified atom stereocenters. The number of nitrogens with zero attached hydrogens (tertiary/aromatic N) is 4. The Balaban J connectivity index is 0.000000648. The van der Waals surface area contributed by atoms with Gasteiger partial charge in [-0.2, -0.15) is 0 Å². The summed E-state index contributed by atoms with van der Waals surface area (Å²) in [5.74, 6) is -0.853. The number of rotatable bonds is 6. The van der Waals surface area contributed by atoms with Crippen LogP contribution >= 0.6 is 0 Å². The van der Waals surface area contributed by atoms with E-state index in [-0.39, 0.29) is 45.2 Å². The number of aliphatic hydroxyl groups excluding tert-OH is 1. The smallest absolute Gasteiger partial charge is 1.00 e. The molecule has 0 aliphatic carbocycles. The summed E-state index contributed by atoms with van der Waals surface area (Å²) in [4.78, 5) is 42.6. The number of esters is 2. The predicted molar refractivity (Wildman–Crippen MR) is 130 cm³/mol. The Morgan fingerprint density at radius 1 is 0.944 bits per heavy atom. The Morgan fingerprint density at radius 3 is 1.86 bits per heavy atom. The van der Waals surface area contributed by atoms with Gasteiger partial charge in [-0.1, -0.05) is 0 Å². The molecule has 0 aliphatic rings. The number of pyridine rings is 2. The van der Waals surface area contributed by atoms with Gasteiger partial charge in [-0.05, 0) is 57.5 Å². The molecule has 10 nitrogen and oxygen atoms in total. The summed E-state index contributed by atoms with van der Waals surface area (Å²) in [6, 6.07) is 6.79. The Hall–Kier alpha value is -2.99. The predicted octanol–water partition coefficient (Wildman–Crippen LogP) is 0.0136. The van der Waals surface area contributed by atoms with Crippen molar-refractivity contribution in [2.24, 2.45) is 0 Å². The van der Waals surface area contributed by atoms with Crippen LogP contribution < -0.4 is 29.6 Å². The van der Waals surface area contributed by atoms with Crippen molar-refractivity contribution in [2.45, 2.75) is 33.8 Å². The minimum Gasteiger partial charge on any atom is -1.00 e. The quantitative estimate of drug-likeness (QED) is 0.223. The number of aromatic nitrogens is 4. The van der Waals surface area contributed by atoms with Crippen LogP contribution in [0.15, 0.2) is 49.1 Å². The first-order valence-corrected chi connectivity index (χ1v) is 10.7. The molecule has 1 N–H and O–H groups in total. The summed E-state index contributed by atoms with van der Waals surface area (Å²) in [7, 11) is 0. The minimum absolute atomic E-state index is 0. The van der Waals surface area contributed by atoms with Crippen molar-refractivity contribution < 1.29 is 59.9 Å². The van der Waals surface area contributed by atoms with Gasteiger partial charge in [-0.3, -0.25) is 13.6 Å². The first-order chi connectivity index (χ1) is 16.3. The Morgan fingerprint density at radius 2 is 1.42 bits per heavy atom. The second-order valence-electron chi connectivity index (χ2n) is 7.29. The van der Waals surface area contributed by atoms with E-state index >= 15 is 0 Å². The molecule has 0 aromatic carbocycles. The number of fused-ring (bicyclic) bond motifs is 2. The first kappa shape index (κ1) is 31.0. The standard InChI is InChI=1S/C12H14N2O3.C12H12N2O3.B.Na.H/c2*1-3-17-12(16)10-7-13-11-6-9(8(2)15)4-5-14(10)11;;;/h4-8,15H,3H2,1-2H3;4-7H,3H2,1-2H3;;;/q;;;+1;-1. The van der Waals surface area contributed by atoms with E-state index in [9.17, 15) is 19.5 Å². The minimum atomic E-state index is -0.553. The Labute approximate surface area is 234 Å². The molecule has 0 saturated carbocycles. The van der Waals surface area contributed by atoms with E-state index in [1.54, 1.807) is 66.2 Å². The summed E-state index contributed by atoms with van der Waals surface area (Å²) < 4.78 is 13.1. The molecule has 0 amide bonds. The molecule has 1 atom stereocenters. The Bertz CT molecular complexity index is 1360. The molecular weight excluding hydrogens is 474 g/mol. The molecule has 0 saturated heterocycles. The molecule has 0 aliphatic heterocycles. The fraction of sp³-hybridized carbons (Fsp3) is 0.292. The molecule has 183 valence electrons. The maximum absolute atomic E-state index is 11.6. The fourth-order valence-corrected chi connectivity index (χ4v) is 3.17. The topological polar surface area (TPSA) is 124 Å². The van der Waals surface area contributed by atoms with Crippen LogP contribution in [0.1, 0.15) is 72.1 Å². The molecule has 0 fully saturated rings. The van der Waals surface area contributed by atoms with Gasteiger partial charge in [0.1, 0.15) is 11.3 Å². The van der Waals surface area contributed by atoms with Crippen LogP contribution in [0.2, 0.25) is 0 Å². The van der Waals surface area contributed by atoms with Crippen molar-refractivity contribution in [1.29, 1.82) is 0 Å². The zero-order valence-corrected chi connectivity index (χ0v) is 23.0. The van der Waals surface area contributed by atoms with Crippen LogP contribution in [0.3, 0.4) is 0 Å². The first-order valence-electron chi connectivity index (χ1n) is 10.7. The Kier molecular flexibility index (Phi) is 12.0. The van der Waals surface area contributed by atoms with Gasteiger partial charge in [0.2, 0.25) is 0 Å². The molecule has 0 spiro atoms. The average molecular weight is 501 g/mol. The normalized spacial score (nSPS) is 10.9. The van der Waals surface area contributed by atoms with Gasteiger partial charge in [0.25, 0.3) is 0 Å². The van der Waals surface area contributed by atoms with Gasteiger partial charge >= 0.3 is 41.5 Å². The second-order valence-corrected chi connectivity index (χ2v) is 7.29. The van der Waals surface area contributed by atoms with E-state index in [0.717, 1.165) is 5.56 Å². The average Bonchev–Trinajstić information content (AvgIpc) is 3.43. The van der Waals surface area contributed by atoms with E-state index in [4.69, 9.17) is 9.47 Å². The fourth-order valence-electron chi connectivity index (χ4n) is 3.17. The number of carbonyl (C=O) groups excluding carboxylic acids is 3. The summed E-state index contributed by atoms with van der Waals surface area (Å²) in [6.45, 7) is 7.32. The van der Waals surface area contributed by atoms with Crippen molar-refractivity contribution in [3.63, 3.8) is 0 Å². The SMILES string of the molecule is CCOC(=O)c1cnc2cc(C(C)=O)ccn12.CCOC(=O)c1cnc2cc(C(C)O)ccn12.[B].[H-].[Na+]. The molecule has 4 aromatic heterocycles. The zero-order chi connectivity index (χ0) is 24.8. The van der Waals surface area contributed by atoms with Crippen LogP contribution in [-0.4, -0.2) is 63.2 Å². The third kappa shape index (κ3) is 7.04. The molecule has 4 rings (SSSR count). The monoisotopic (exact) mass is 501 g/mol. The van der Waals surface area contributed by atoms with E-state index in [0.29, 0.717) is 41.5 Å². The van der Waals surface area contributed by atoms with Crippen LogP contribution in [0, 0.1) is 0 Å². The van der Waals surface area contributed by atoms with E-state index in [2.05, 4.69) is 9.97 Å². The van der Waals surface area contributed by atoms with Gasteiger partial charge in [0.05, 0.1) is 31.7 Å². The van der Waals surface area contributed by atoms with Crippen molar-refractivity contribution in [3.8, 4) is 0 Å². The number of ketones is 1. The van der Waals surface area contributed by atoms with Crippen molar-refractivity contribution >= 4 is 37.4 Å². The number of ether oxygens (including phenoxy) is 2. The zero-order valence-electron chi connectivity index (χ0n) is 22.0. The van der Waals surface area contributed by atoms with Crippen LogP contribution in [-0.2, 0) is 9.47 Å². The van der Waals surface area contributed by atoms with Crippen LogP contribution in [0.4, 0.5) is 0 Å². The molecule has 3 radical (unpaired) electrons. The number of aliphatic hydroxyl groups is 1. The van der Waals surface area contributed by atoms with Gasteiger partial charge in [-0.15, -0.1) is 0 Å². The molecule has 4 aromatic rings. The molecule has 36 heavy (non-hydrogen) atoms. The summed E-state index contributed by atoms with van der Waals surface area (Å²) in [5.41, 5.74) is 3.25. The molecule has 0 bridgehead atoms. The summed E-state index contributed by atoms with van der Waals surface area (Å²) in [6.07, 6.45) is 5.71. The van der Waals surface area contributed by atoms with Crippen molar-refractivity contribution in [2.75, 3.05) is 13.2 Å². The number of hydrogen-bond acceptors (Lipinski definition) is 8. The van der Waals surface area contributed by atoms with E-state index < -0.39 is 18.0 Å². The van der Waals surface area contributed by atoms with Crippen molar-refractivity contribution in [3.05, 3.63) is 71.6 Å². The molecular formula is C24H27BN4NaO6. The van der Waals surface area contributed by atoms with E-state index in [1.807, 2.05) is 0 Å². The largest absolute Gasteiger partial charge is 1.00 e. The second kappa shape index (κ2) is 13.9. The molecule has 4 heterocycles. The maximum atomic E-state index is 11.6. The van der Waals surface area contributed by atoms with Gasteiger partial charge in [0.15, 0.2) is 17.2 Å². The number of imidazole rings is 2. The number of hydrogen-bond donors (Lipinski definition) is 1. The van der Waals surface area contributed by atoms with Crippen LogP contribution in [0.5, 0.6) is 0 Å². The third-order valence-corrected chi connectivity index (χ3v) is 4.91. The van der Waals surface area contributed by atoms with Gasteiger partial charge in [-0.25, -0.2) is 19.6 Å². The summed E-state index contributed by atoms with van der Waals surface area (Å²) in [5, 5.41) is 9.45. The maximum Gasteiger partial charge on any atom is 1.00 e. The third-order valence-electron chi connectivity index (χ3n) is 4.91. The van der Waals surface area contributed by atoms with Gasteiger partial charge in [0, 0.05) is 26.4 Å². The van der Waals surface area contributed by atoms with E-state index in [1.165, 1.54) is 19.3 Å². The van der Waals surface area contributed by atoms with Crippen LogP contribution in [0.25, 0.3) is 11.3 Å². The number of Topliss-reactive ketones (excluding diaryl/α,β-unsaturated/α-hetero) is 1. The van der Waals surface area contributed by atoms with Gasteiger partial charge < -0.3 is 16.0 Å².